The van der Waals surface area contributed by atoms with Crippen LogP contribution in [0.4, 0.5) is 11.4 Å². The van der Waals surface area contributed by atoms with Crippen molar-refractivity contribution in [2.75, 3.05) is 24.2 Å². The average Bonchev–Trinajstić information content (AvgIpc) is 3.65. The van der Waals surface area contributed by atoms with Gasteiger partial charge in [-0.25, -0.2) is 4.79 Å². The van der Waals surface area contributed by atoms with Gasteiger partial charge in [0.25, 0.3) is 21.9 Å². The van der Waals surface area contributed by atoms with Crippen LogP contribution in [0.15, 0.2) is 95.3 Å². The van der Waals surface area contributed by atoms with E-state index in [1.807, 2.05) is 12.1 Å². The van der Waals surface area contributed by atoms with Crippen molar-refractivity contribution in [1.82, 2.24) is 5.06 Å². The van der Waals surface area contributed by atoms with E-state index in [0.717, 1.165) is 73.3 Å². The van der Waals surface area contributed by atoms with Crippen molar-refractivity contribution >= 4 is 58.3 Å². The number of nitrogens with zero attached hydrogens (tertiary/aromatic N) is 3. The van der Waals surface area contributed by atoms with Gasteiger partial charge < -0.3 is 9.74 Å². The molecule has 1 saturated heterocycles. The van der Waals surface area contributed by atoms with Gasteiger partial charge in [-0.05, 0) is 75.5 Å². The minimum absolute atomic E-state index is 0.0719. The van der Waals surface area contributed by atoms with E-state index in [9.17, 15) is 27.4 Å². The molecule has 54 heavy (non-hydrogen) atoms. The maximum atomic E-state index is 12.3. The number of hydroxylamine groups is 2. The Hall–Kier alpha value is -4.31. The number of rotatable bonds is 15. The van der Waals surface area contributed by atoms with E-state index < -0.39 is 40.9 Å². The predicted molar refractivity (Wildman–Crippen MR) is 216 cm³/mol. The molecule has 1 atom stereocenters. The molecule has 2 aromatic rings. The van der Waals surface area contributed by atoms with Crippen molar-refractivity contribution in [2.45, 2.75) is 94.8 Å². The van der Waals surface area contributed by atoms with Crippen molar-refractivity contribution in [3.8, 4) is 0 Å². The molecule has 6 rings (SSSR count). The standard InChI is InChI=1S/C42H50N3O7PS/c1-41(2)32-16-8-9-17-34(32)43(25-10-5-7-20-40(48)52-45-38(46)23-24-39(45)47)36(41)18-15-19-37-42(3,4)33-30-31(54(49,50)51)21-22-35(33)44(37)26-11-14-29-53-27-12-6-13-28-53/h6,8-9,12-13,15-19,21-22,27-28,30,53H,5,7,10-11,14,20,23-26,29H2,1-4H3/p+1. The molecule has 0 aromatic heterocycles. The molecule has 0 aliphatic carbocycles. The molecule has 4 aliphatic rings. The van der Waals surface area contributed by atoms with Crippen molar-refractivity contribution in [3.05, 3.63) is 102 Å². The number of fused-ring (bicyclic) bond motifs is 2. The van der Waals surface area contributed by atoms with Crippen LogP contribution >= 0.6 is 7.55 Å². The summed E-state index contributed by atoms with van der Waals surface area (Å²) in [5.74, 6) is 3.13. The van der Waals surface area contributed by atoms with Crippen LogP contribution in [0.5, 0.6) is 0 Å². The molecule has 2 aromatic carbocycles. The lowest BCUT2D eigenvalue weighted by atomic mass is 9.81. The molecule has 1 N–H and O–H groups in total. The summed E-state index contributed by atoms with van der Waals surface area (Å²) in [6.45, 7) is 10.2. The number of carbonyl (C=O) groups is 3. The zero-order chi connectivity index (χ0) is 38.7. The monoisotopic (exact) mass is 772 g/mol. The van der Waals surface area contributed by atoms with Gasteiger partial charge in [-0.1, -0.05) is 75.5 Å². The highest BCUT2D eigenvalue weighted by Crippen LogP contribution is 2.49. The van der Waals surface area contributed by atoms with E-state index in [4.69, 9.17) is 4.84 Å². The van der Waals surface area contributed by atoms with E-state index in [0.29, 0.717) is 11.5 Å². The van der Waals surface area contributed by atoms with Crippen LogP contribution in [-0.4, -0.2) is 71.2 Å². The Morgan fingerprint density at radius 2 is 1.69 bits per heavy atom. The Balaban J connectivity index is 1.21. The highest BCUT2D eigenvalue weighted by atomic mass is 32.2. The fourth-order valence-corrected chi connectivity index (χ4v) is 10.3. The Morgan fingerprint density at radius 3 is 2.41 bits per heavy atom. The van der Waals surface area contributed by atoms with Gasteiger partial charge in [0.2, 0.25) is 5.69 Å². The molecule has 286 valence electrons. The predicted octanol–water partition coefficient (Wildman–Crippen LogP) is 7.60. The summed E-state index contributed by atoms with van der Waals surface area (Å²) in [7, 11) is -4.99. The summed E-state index contributed by atoms with van der Waals surface area (Å²) < 4.78 is 36.5. The second kappa shape index (κ2) is 16.2. The van der Waals surface area contributed by atoms with Gasteiger partial charge in [0, 0.05) is 66.7 Å². The number of unbranched alkanes of at least 4 members (excludes halogenated alkanes) is 3. The maximum Gasteiger partial charge on any atom is 0.333 e. The molecule has 4 aliphatic heterocycles. The second-order valence-electron chi connectivity index (χ2n) is 15.3. The van der Waals surface area contributed by atoms with Crippen molar-refractivity contribution < 1.29 is 36.8 Å². The number of carbonyl (C=O) groups excluding carboxylic acids is 3. The summed E-state index contributed by atoms with van der Waals surface area (Å²) in [5.41, 5.74) is 5.62. The van der Waals surface area contributed by atoms with Gasteiger partial charge in [0.1, 0.15) is 6.54 Å². The summed E-state index contributed by atoms with van der Waals surface area (Å²) >= 11 is 0. The average molecular weight is 773 g/mol. The molecular formula is C42H51N3O7PS+. The molecule has 10 nitrogen and oxygen atoms in total. The van der Waals surface area contributed by atoms with Gasteiger partial charge in [-0.3, -0.25) is 14.1 Å². The van der Waals surface area contributed by atoms with Crippen LogP contribution in [0.2, 0.25) is 0 Å². The van der Waals surface area contributed by atoms with Crippen LogP contribution in [-0.2, 0) is 40.2 Å². The van der Waals surface area contributed by atoms with Gasteiger partial charge >= 0.3 is 5.97 Å². The SMILES string of the molecule is CC1(C)C(/C=C/C=C2/N(CCCC[PH]3=CC=CC=C3)c3ccc(S(=O)(=O)O)cc3C2(C)C)=[N+](CCCCCC(=O)ON2C(=O)CCC2=O)c2ccccc21. The van der Waals surface area contributed by atoms with E-state index in [1.54, 1.807) is 6.07 Å². The molecule has 0 saturated carbocycles. The number of anilines is 1. The second-order valence-corrected chi connectivity index (χ2v) is 19.1. The number of hydrogen-bond donors (Lipinski definition) is 1. The van der Waals surface area contributed by atoms with E-state index in [-0.39, 0.29) is 29.6 Å². The molecule has 12 heteroatoms. The van der Waals surface area contributed by atoms with Crippen LogP contribution in [0.3, 0.4) is 0 Å². The first kappa shape index (κ1) is 39.4. The van der Waals surface area contributed by atoms with E-state index >= 15 is 0 Å². The Labute approximate surface area is 319 Å². The smallest absolute Gasteiger partial charge is 0.333 e. The number of allylic oxidation sites excluding steroid dienone is 7. The molecule has 0 spiro atoms. The van der Waals surface area contributed by atoms with Crippen molar-refractivity contribution in [1.29, 1.82) is 0 Å². The molecule has 1 fully saturated rings. The Kier molecular flexibility index (Phi) is 11.8. The fourth-order valence-electron chi connectivity index (χ4n) is 7.93. The topological polar surface area (TPSA) is 124 Å². The lowest BCUT2D eigenvalue weighted by Crippen LogP contribution is -2.31. The number of imide groups is 1. The van der Waals surface area contributed by atoms with Gasteiger partial charge in [0.15, 0.2) is 5.71 Å². The summed E-state index contributed by atoms with van der Waals surface area (Å²) in [6.07, 6.45) is 18.4. The highest BCUT2D eigenvalue weighted by Gasteiger charge is 2.44. The Morgan fingerprint density at radius 1 is 0.926 bits per heavy atom. The quantitative estimate of drug-likeness (QED) is 0.0646. The first-order valence-electron chi connectivity index (χ1n) is 18.8. The third kappa shape index (κ3) is 8.33. The first-order valence-corrected chi connectivity index (χ1v) is 22.1. The zero-order valence-electron chi connectivity index (χ0n) is 31.6. The van der Waals surface area contributed by atoms with Crippen LogP contribution in [0.1, 0.15) is 90.2 Å². The summed E-state index contributed by atoms with van der Waals surface area (Å²) in [5, 5.41) is 0.601. The summed E-state index contributed by atoms with van der Waals surface area (Å²) in [4.78, 5) is 43.2. The number of hydrogen-bond acceptors (Lipinski definition) is 7. The third-order valence-corrected chi connectivity index (χ3v) is 13.9. The molecular weight excluding hydrogens is 722 g/mol. The number of amides is 2. The van der Waals surface area contributed by atoms with E-state index in [2.05, 4.69) is 103 Å². The number of para-hydroxylation sites is 1. The van der Waals surface area contributed by atoms with E-state index in [1.165, 1.54) is 11.6 Å². The van der Waals surface area contributed by atoms with Crippen molar-refractivity contribution in [3.63, 3.8) is 0 Å². The maximum absolute atomic E-state index is 12.3. The summed E-state index contributed by atoms with van der Waals surface area (Å²) in [6, 6.07) is 13.3. The van der Waals surface area contributed by atoms with Gasteiger partial charge in [-0.15, -0.1) is 5.06 Å². The molecule has 1 unspecified atom stereocenters. The lowest BCUT2D eigenvalue weighted by Gasteiger charge is -2.27. The van der Waals surface area contributed by atoms with Crippen LogP contribution in [0, 0.1) is 0 Å². The minimum Gasteiger partial charge on any atom is -0.344 e. The number of benzene rings is 2. The van der Waals surface area contributed by atoms with Crippen LogP contribution < -0.4 is 4.90 Å². The van der Waals surface area contributed by atoms with Gasteiger partial charge in [0.05, 0.1) is 10.3 Å². The minimum atomic E-state index is -4.36. The molecule has 0 bridgehead atoms. The van der Waals surface area contributed by atoms with Crippen molar-refractivity contribution in [2.24, 2.45) is 0 Å². The zero-order valence-corrected chi connectivity index (χ0v) is 33.4. The molecule has 2 amide bonds. The highest BCUT2D eigenvalue weighted by molar-refractivity contribution is 7.85. The fraction of sp³-hybridized carbons (Fsp3) is 0.405. The largest absolute Gasteiger partial charge is 0.344 e. The van der Waals surface area contributed by atoms with Gasteiger partial charge in [-0.2, -0.15) is 13.0 Å². The molecule has 0 radical (unpaired) electrons. The lowest BCUT2D eigenvalue weighted by molar-refractivity contribution is -0.438. The normalized spacial score (nSPS) is 20.7. The molecule has 4 heterocycles. The Bertz CT molecular complexity index is 2130. The third-order valence-electron chi connectivity index (χ3n) is 10.9. The first-order chi connectivity index (χ1) is 25.7. The van der Waals surface area contributed by atoms with Crippen LogP contribution in [0.25, 0.3) is 0 Å².